The van der Waals surface area contributed by atoms with Gasteiger partial charge in [0.05, 0.1) is 23.1 Å². The first kappa shape index (κ1) is 15.4. The van der Waals surface area contributed by atoms with Gasteiger partial charge in [0.1, 0.15) is 16.7 Å². The summed E-state index contributed by atoms with van der Waals surface area (Å²) >= 11 is 1.48. The molecule has 0 aliphatic rings. The third kappa shape index (κ3) is 2.88. The van der Waals surface area contributed by atoms with Crippen molar-refractivity contribution in [2.75, 3.05) is 11.6 Å². The number of nitrogens with one attached hydrogen (secondary N) is 1. The van der Waals surface area contributed by atoms with Crippen LogP contribution >= 0.6 is 11.8 Å². The normalized spacial score (nSPS) is 10.9. The Morgan fingerprint density at radius 1 is 1.30 bits per heavy atom. The number of benzene rings is 1. The number of anilines is 2. The number of hydrogen-bond acceptors (Lipinski definition) is 5. The van der Waals surface area contributed by atoms with E-state index in [1.54, 1.807) is 6.20 Å². The fourth-order valence-electron chi connectivity index (χ4n) is 2.40. The van der Waals surface area contributed by atoms with Crippen LogP contribution in [0.3, 0.4) is 0 Å². The monoisotopic (exact) mass is 323 g/mol. The second-order valence-corrected chi connectivity index (χ2v) is 6.22. The van der Waals surface area contributed by atoms with Crippen LogP contribution in [0, 0.1) is 11.3 Å². The summed E-state index contributed by atoms with van der Waals surface area (Å²) in [7, 11) is 0. The van der Waals surface area contributed by atoms with E-state index in [1.165, 1.54) is 11.8 Å². The average molecular weight is 323 g/mol. The molecule has 0 atom stereocenters. The molecule has 3 aromatic rings. The standard InChI is InChI=1S/C17H17N5S/c1-11(2)22-10-12(9-19-22)20-16-13-6-4-5-7-15(13)21-17(23-3)14(16)8-18/h4-7,9-11H,1-3H3,(H,20,21). The molecule has 2 aromatic heterocycles. The molecule has 1 aromatic carbocycles. The van der Waals surface area contributed by atoms with Crippen molar-refractivity contribution < 1.29 is 0 Å². The van der Waals surface area contributed by atoms with E-state index in [-0.39, 0.29) is 6.04 Å². The molecule has 5 nitrogen and oxygen atoms in total. The Morgan fingerprint density at radius 2 is 2.09 bits per heavy atom. The Labute approximate surface area is 139 Å². The van der Waals surface area contributed by atoms with Gasteiger partial charge in [0.15, 0.2) is 0 Å². The van der Waals surface area contributed by atoms with E-state index >= 15 is 0 Å². The minimum Gasteiger partial charge on any atom is -0.351 e. The quantitative estimate of drug-likeness (QED) is 0.723. The number of nitriles is 1. The van der Waals surface area contributed by atoms with Crippen molar-refractivity contribution in [3.8, 4) is 6.07 Å². The van der Waals surface area contributed by atoms with E-state index in [2.05, 4.69) is 35.3 Å². The Kier molecular flexibility index (Phi) is 4.22. The van der Waals surface area contributed by atoms with Crippen LogP contribution in [0.25, 0.3) is 10.9 Å². The van der Waals surface area contributed by atoms with E-state index in [0.29, 0.717) is 5.56 Å². The second-order valence-electron chi connectivity index (χ2n) is 5.43. The van der Waals surface area contributed by atoms with E-state index in [0.717, 1.165) is 27.3 Å². The molecule has 0 radical (unpaired) electrons. The van der Waals surface area contributed by atoms with Crippen molar-refractivity contribution in [3.63, 3.8) is 0 Å². The predicted octanol–water partition coefficient (Wildman–Crippen LogP) is 4.35. The molecule has 0 amide bonds. The van der Waals surface area contributed by atoms with E-state index in [4.69, 9.17) is 0 Å². The Balaban J connectivity index is 2.15. The first-order valence-corrected chi connectivity index (χ1v) is 8.54. The van der Waals surface area contributed by atoms with Crippen molar-refractivity contribution in [1.82, 2.24) is 14.8 Å². The van der Waals surface area contributed by atoms with Gasteiger partial charge in [0.2, 0.25) is 0 Å². The first-order chi connectivity index (χ1) is 11.1. The van der Waals surface area contributed by atoms with Crippen LogP contribution in [0.15, 0.2) is 41.7 Å². The largest absolute Gasteiger partial charge is 0.351 e. The zero-order valence-electron chi connectivity index (χ0n) is 13.2. The maximum absolute atomic E-state index is 9.60. The average Bonchev–Trinajstić information content (AvgIpc) is 3.03. The molecule has 116 valence electrons. The maximum Gasteiger partial charge on any atom is 0.116 e. The molecule has 0 unspecified atom stereocenters. The van der Waals surface area contributed by atoms with E-state index in [1.807, 2.05) is 41.4 Å². The molecule has 0 bridgehead atoms. The number of para-hydroxylation sites is 1. The van der Waals surface area contributed by atoms with Gasteiger partial charge in [0.25, 0.3) is 0 Å². The molecule has 0 saturated carbocycles. The van der Waals surface area contributed by atoms with Gasteiger partial charge in [-0.2, -0.15) is 10.4 Å². The van der Waals surface area contributed by atoms with Crippen molar-refractivity contribution in [3.05, 3.63) is 42.2 Å². The number of aromatic nitrogens is 3. The molecule has 0 spiro atoms. The lowest BCUT2D eigenvalue weighted by atomic mass is 10.1. The summed E-state index contributed by atoms with van der Waals surface area (Å²) in [4.78, 5) is 4.58. The van der Waals surface area contributed by atoms with Crippen molar-refractivity contribution in [2.45, 2.75) is 24.9 Å². The molecular weight excluding hydrogens is 306 g/mol. The van der Waals surface area contributed by atoms with Crippen molar-refractivity contribution in [2.24, 2.45) is 0 Å². The Hall–Kier alpha value is -2.52. The fourth-order valence-corrected chi connectivity index (χ4v) is 2.94. The zero-order valence-corrected chi connectivity index (χ0v) is 14.1. The number of hydrogen-bond donors (Lipinski definition) is 1. The molecule has 1 N–H and O–H groups in total. The van der Waals surface area contributed by atoms with Crippen LogP contribution in [0.1, 0.15) is 25.5 Å². The lowest BCUT2D eigenvalue weighted by molar-refractivity contribution is 0.532. The highest BCUT2D eigenvalue weighted by molar-refractivity contribution is 7.98. The summed E-state index contributed by atoms with van der Waals surface area (Å²) in [5, 5.41) is 19.0. The van der Waals surface area contributed by atoms with Gasteiger partial charge < -0.3 is 5.32 Å². The molecule has 0 aliphatic carbocycles. The minimum absolute atomic E-state index is 0.289. The van der Waals surface area contributed by atoms with Gasteiger partial charge in [-0.3, -0.25) is 4.68 Å². The summed E-state index contributed by atoms with van der Waals surface area (Å²) in [6.07, 6.45) is 5.65. The number of nitrogens with zero attached hydrogens (tertiary/aromatic N) is 4. The van der Waals surface area contributed by atoms with Gasteiger partial charge in [0, 0.05) is 17.6 Å². The third-order valence-corrected chi connectivity index (χ3v) is 4.25. The molecule has 0 aliphatic heterocycles. The molecular formula is C17H17N5S. The number of thioether (sulfide) groups is 1. The molecule has 0 fully saturated rings. The highest BCUT2D eigenvalue weighted by Crippen LogP contribution is 2.34. The van der Waals surface area contributed by atoms with Gasteiger partial charge in [-0.05, 0) is 26.2 Å². The molecule has 3 rings (SSSR count). The van der Waals surface area contributed by atoms with Gasteiger partial charge in [-0.25, -0.2) is 4.98 Å². The maximum atomic E-state index is 9.60. The van der Waals surface area contributed by atoms with Crippen LogP contribution in [0.2, 0.25) is 0 Å². The van der Waals surface area contributed by atoms with Crippen LogP contribution < -0.4 is 5.32 Å². The lowest BCUT2D eigenvalue weighted by Gasteiger charge is -2.12. The van der Waals surface area contributed by atoms with E-state index < -0.39 is 0 Å². The number of rotatable bonds is 4. The number of fused-ring (bicyclic) bond motifs is 1. The van der Waals surface area contributed by atoms with Crippen LogP contribution in [-0.4, -0.2) is 21.0 Å². The van der Waals surface area contributed by atoms with Crippen molar-refractivity contribution in [1.29, 1.82) is 5.26 Å². The summed E-state index contributed by atoms with van der Waals surface area (Å²) in [6.45, 7) is 4.15. The third-order valence-electron chi connectivity index (χ3n) is 3.56. The van der Waals surface area contributed by atoms with Gasteiger partial charge in [-0.15, -0.1) is 11.8 Å². The lowest BCUT2D eigenvalue weighted by Crippen LogP contribution is -2.01. The minimum atomic E-state index is 0.289. The molecule has 0 saturated heterocycles. The Morgan fingerprint density at radius 3 is 2.74 bits per heavy atom. The first-order valence-electron chi connectivity index (χ1n) is 7.32. The predicted molar refractivity (Wildman–Crippen MR) is 94.1 cm³/mol. The highest BCUT2D eigenvalue weighted by atomic mass is 32.2. The van der Waals surface area contributed by atoms with Crippen LogP contribution in [0.5, 0.6) is 0 Å². The van der Waals surface area contributed by atoms with Crippen molar-refractivity contribution >= 4 is 34.0 Å². The van der Waals surface area contributed by atoms with Crippen LogP contribution in [-0.2, 0) is 0 Å². The SMILES string of the molecule is CSc1nc2ccccc2c(Nc2cnn(C(C)C)c2)c1C#N. The molecule has 6 heteroatoms. The van der Waals surface area contributed by atoms with Gasteiger partial charge in [-0.1, -0.05) is 18.2 Å². The molecule has 2 heterocycles. The smallest absolute Gasteiger partial charge is 0.116 e. The number of pyridine rings is 1. The highest BCUT2D eigenvalue weighted by Gasteiger charge is 2.15. The summed E-state index contributed by atoms with van der Waals surface area (Å²) in [5.41, 5.74) is 3.08. The van der Waals surface area contributed by atoms with Crippen LogP contribution in [0.4, 0.5) is 11.4 Å². The topological polar surface area (TPSA) is 66.5 Å². The fraction of sp³-hybridized carbons (Fsp3) is 0.235. The summed E-state index contributed by atoms with van der Waals surface area (Å²) in [6, 6.07) is 10.4. The van der Waals surface area contributed by atoms with Gasteiger partial charge >= 0.3 is 0 Å². The second kappa shape index (κ2) is 6.31. The summed E-state index contributed by atoms with van der Waals surface area (Å²) < 4.78 is 1.88. The van der Waals surface area contributed by atoms with E-state index in [9.17, 15) is 5.26 Å². The summed E-state index contributed by atoms with van der Waals surface area (Å²) in [5.74, 6) is 0. The Bertz CT molecular complexity index is 892. The zero-order chi connectivity index (χ0) is 16.4. The molecule has 23 heavy (non-hydrogen) atoms.